The molecule has 5 heteroatoms. The van der Waals surface area contributed by atoms with Gasteiger partial charge in [0.15, 0.2) is 5.75 Å². The Morgan fingerprint density at radius 1 is 1.39 bits per heavy atom. The maximum atomic E-state index is 10.9. The van der Waals surface area contributed by atoms with Crippen LogP contribution >= 0.6 is 0 Å². The third kappa shape index (κ3) is 2.79. The number of hydrogen-bond donors (Lipinski definition) is 1. The van der Waals surface area contributed by atoms with E-state index in [2.05, 4.69) is 0 Å². The molecule has 0 radical (unpaired) electrons. The highest BCUT2D eigenvalue weighted by molar-refractivity contribution is 5.48. The van der Waals surface area contributed by atoms with Crippen LogP contribution < -0.4 is 4.74 Å². The molecular weight excluding hydrogens is 234 g/mol. The molecule has 0 saturated heterocycles. The molecule has 18 heavy (non-hydrogen) atoms. The number of nitrogens with zero attached hydrogens (tertiary/aromatic N) is 1. The number of ether oxygens (including phenoxy) is 1. The molecule has 1 aliphatic rings. The van der Waals surface area contributed by atoms with Crippen LogP contribution in [0.15, 0.2) is 18.2 Å². The minimum absolute atomic E-state index is 0.0432. The molecule has 1 aromatic rings. The van der Waals surface area contributed by atoms with Crippen molar-refractivity contribution in [3.63, 3.8) is 0 Å². The quantitative estimate of drug-likeness (QED) is 0.662. The minimum atomic E-state index is -0.529. The van der Waals surface area contributed by atoms with Gasteiger partial charge in [-0.15, -0.1) is 0 Å². The number of aliphatic hydroxyl groups is 1. The molecule has 0 unspecified atom stereocenters. The molecule has 1 saturated carbocycles. The maximum absolute atomic E-state index is 10.9. The van der Waals surface area contributed by atoms with Gasteiger partial charge in [-0.3, -0.25) is 10.1 Å². The highest BCUT2D eigenvalue weighted by Gasteiger charge is 2.27. The van der Waals surface area contributed by atoms with Crippen molar-refractivity contribution >= 4 is 5.69 Å². The lowest BCUT2D eigenvalue weighted by atomic mass is 9.95. The van der Waals surface area contributed by atoms with Gasteiger partial charge in [0.05, 0.1) is 11.0 Å². The fourth-order valence-corrected chi connectivity index (χ4v) is 2.24. The maximum Gasteiger partial charge on any atom is 0.310 e. The van der Waals surface area contributed by atoms with E-state index in [0.29, 0.717) is 6.42 Å². The van der Waals surface area contributed by atoms with Crippen molar-refractivity contribution in [1.82, 2.24) is 0 Å². The summed E-state index contributed by atoms with van der Waals surface area (Å²) >= 11 is 0. The van der Waals surface area contributed by atoms with Crippen LogP contribution in [-0.2, 0) is 0 Å². The van der Waals surface area contributed by atoms with Crippen LogP contribution in [0.4, 0.5) is 5.69 Å². The molecule has 1 aliphatic carbocycles. The SMILES string of the molecule is Cc1ccc([N+](=O)[O-])c(O[C@H]2CCCC[C@@H]2O)c1. The zero-order valence-corrected chi connectivity index (χ0v) is 10.3. The normalized spacial score (nSPS) is 23.7. The summed E-state index contributed by atoms with van der Waals surface area (Å²) in [6.07, 6.45) is 2.55. The van der Waals surface area contributed by atoms with Gasteiger partial charge in [-0.25, -0.2) is 0 Å². The molecule has 1 aromatic carbocycles. The lowest BCUT2D eigenvalue weighted by Gasteiger charge is -2.28. The van der Waals surface area contributed by atoms with Gasteiger partial charge >= 0.3 is 5.69 Å². The van der Waals surface area contributed by atoms with Gasteiger partial charge in [0, 0.05) is 6.07 Å². The van der Waals surface area contributed by atoms with E-state index in [-0.39, 0.29) is 17.5 Å². The number of rotatable bonds is 3. The summed E-state index contributed by atoms with van der Waals surface area (Å²) in [6, 6.07) is 4.78. The Balaban J connectivity index is 2.21. The second-order valence-corrected chi connectivity index (χ2v) is 4.74. The van der Waals surface area contributed by atoms with E-state index in [9.17, 15) is 15.2 Å². The van der Waals surface area contributed by atoms with Crippen molar-refractivity contribution in [1.29, 1.82) is 0 Å². The summed E-state index contributed by atoms with van der Waals surface area (Å²) in [5, 5.41) is 20.8. The van der Waals surface area contributed by atoms with Crippen LogP contribution in [0.3, 0.4) is 0 Å². The van der Waals surface area contributed by atoms with Crippen molar-refractivity contribution in [2.24, 2.45) is 0 Å². The number of aryl methyl sites for hydroxylation is 1. The first-order chi connectivity index (χ1) is 8.58. The van der Waals surface area contributed by atoms with Crippen LogP contribution in [-0.4, -0.2) is 22.2 Å². The number of aliphatic hydroxyl groups excluding tert-OH is 1. The number of nitro benzene ring substituents is 1. The summed E-state index contributed by atoms with van der Waals surface area (Å²) in [5.41, 5.74) is 0.860. The molecule has 5 nitrogen and oxygen atoms in total. The lowest BCUT2D eigenvalue weighted by molar-refractivity contribution is -0.386. The number of benzene rings is 1. The minimum Gasteiger partial charge on any atom is -0.481 e. The lowest BCUT2D eigenvalue weighted by Crippen LogP contribution is -2.34. The third-order valence-corrected chi connectivity index (χ3v) is 3.26. The van der Waals surface area contributed by atoms with E-state index in [1.165, 1.54) is 6.07 Å². The smallest absolute Gasteiger partial charge is 0.310 e. The molecule has 2 rings (SSSR count). The van der Waals surface area contributed by atoms with Crippen molar-refractivity contribution in [3.05, 3.63) is 33.9 Å². The molecule has 1 fully saturated rings. The van der Waals surface area contributed by atoms with Crippen molar-refractivity contribution in [2.75, 3.05) is 0 Å². The summed E-state index contributed by atoms with van der Waals surface area (Å²) in [4.78, 5) is 10.5. The Bertz CT molecular complexity index is 447. The standard InChI is InChI=1S/C13H17NO4/c1-9-6-7-10(14(16)17)13(8-9)18-12-5-3-2-4-11(12)15/h6-8,11-12,15H,2-5H2,1H3/t11-,12-/m0/s1. The van der Waals surface area contributed by atoms with E-state index < -0.39 is 11.0 Å². The van der Waals surface area contributed by atoms with Gasteiger partial charge in [-0.05, 0) is 37.8 Å². The Morgan fingerprint density at radius 2 is 2.11 bits per heavy atom. The molecule has 0 bridgehead atoms. The van der Waals surface area contributed by atoms with E-state index in [0.717, 1.165) is 24.8 Å². The summed E-state index contributed by atoms with van der Waals surface area (Å²) in [5.74, 6) is 0.256. The number of hydrogen-bond acceptors (Lipinski definition) is 4. The van der Waals surface area contributed by atoms with Crippen LogP contribution in [0, 0.1) is 17.0 Å². The first-order valence-corrected chi connectivity index (χ1v) is 6.17. The molecule has 0 aromatic heterocycles. The van der Waals surface area contributed by atoms with Crippen LogP contribution in [0.1, 0.15) is 31.2 Å². The Kier molecular flexibility index (Phi) is 3.81. The van der Waals surface area contributed by atoms with Gasteiger partial charge in [0.2, 0.25) is 0 Å². The van der Waals surface area contributed by atoms with E-state index >= 15 is 0 Å². The zero-order valence-electron chi connectivity index (χ0n) is 10.3. The van der Waals surface area contributed by atoms with Crippen molar-refractivity contribution < 1.29 is 14.8 Å². The van der Waals surface area contributed by atoms with Gasteiger partial charge in [-0.2, -0.15) is 0 Å². The molecule has 0 amide bonds. The first kappa shape index (κ1) is 12.8. The Hall–Kier alpha value is -1.62. The van der Waals surface area contributed by atoms with Crippen molar-refractivity contribution in [2.45, 2.75) is 44.8 Å². The molecule has 2 atom stereocenters. The molecule has 0 aliphatic heterocycles. The highest BCUT2D eigenvalue weighted by atomic mass is 16.6. The highest BCUT2D eigenvalue weighted by Crippen LogP contribution is 2.31. The van der Waals surface area contributed by atoms with Crippen molar-refractivity contribution in [3.8, 4) is 5.75 Å². The number of nitro groups is 1. The largest absolute Gasteiger partial charge is 0.481 e. The fraction of sp³-hybridized carbons (Fsp3) is 0.538. The average Bonchev–Trinajstić information content (AvgIpc) is 2.32. The average molecular weight is 251 g/mol. The van der Waals surface area contributed by atoms with Crippen LogP contribution in [0.25, 0.3) is 0 Å². The summed E-state index contributed by atoms with van der Waals surface area (Å²) < 4.78 is 5.65. The topological polar surface area (TPSA) is 72.6 Å². The molecule has 0 spiro atoms. The molecular formula is C13H17NO4. The van der Waals surface area contributed by atoms with Gasteiger partial charge in [-0.1, -0.05) is 12.5 Å². The third-order valence-electron chi connectivity index (χ3n) is 3.26. The second kappa shape index (κ2) is 5.35. The van der Waals surface area contributed by atoms with Gasteiger partial charge < -0.3 is 9.84 Å². The second-order valence-electron chi connectivity index (χ2n) is 4.74. The molecule has 1 N–H and O–H groups in total. The predicted octanol–water partition coefficient (Wildman–Crippen LogP) is 2.59. The Labute approximate surface area is 106 Å². The monoisotopic (exact) mass is 251 g/mol. The van der Waals surface area contributed by atoms with Crippen LogP contribution in [0.2, 0.25) is 0 Å². The zero-order chi connectivity index (χ0) is 13.1. The summed E-state index contributed by atoms with van der Waals surface area (Å²) in [7, 11) is 0. The first-order valence-electron chi connectivity index (χ1n) is 6.17. The van der Waals surface area contributed by atoms with E-state index in [1.54, 1.807) is 12.1 Å². The molecule has 98 valence electrons. The Morgan fingerprint density at radius 3 is 2.78 bits per heavy atom. The van der Waals surface area contributed by atoms with Gasteiger partial charge in [0.25, 0.3) is 0 Å². The van der Waals surface area contributed by atoms with E-state index in [4.69, 9.17) is 4.74 Å². The summed E-state index contributed by atoms with van der Waals surface area (Å²) in [6.45, 7) is 1.86. The van der Waals surface area contributed by atoms with Crippen LogP contribution in [0.5, 0.6) is 5.75 Å². The van der Waals surface area contributed by atoms with Gasteiger partial charge in [0.1, 0.15) is 6.10 Å². The fourth-order valence-electron chi connectivity index (χ4n) is 2.24. The molecule has 0 heterocycles. The van der Waals surface area contributed by atoms with E-state index in [1.807, 2.05) is 6.92 Å². The predicted molar refractivity (Wildman–Crippen MR) is 66.7 cm³/mol.